The van der Waals surface area contributed by atoms with E-state index in [4.69, 9.17) is 20.9 Å². The number of rotatable bonds is 2. The maximum Gasteiger partial charge on any atom is 0.143 e. The maximum atomic E-state index is 9.34. The van der Waals surface area contributed by atoms with E-state index in [-0.39, 0.29) is 68.3 Å². The Morgan fingerprint density at radius 2 is 1.05 bits per heavy atom. The van der Waals surface area contributed by atoms with Crippen molar-refractivity contribution in [2.24, 2.45) is 0 Å². The second-order valence-corrected chi connectivity index (χ2v) is 9.86. The minimum absolute atomic E-state index is 0.0291. The standard InChI is InChI=1S/C40H24O/c1-2-11-27-23-28(18-17-25(27)9-1)38-31-13-5-7-15-33(31)39(34-16-8-6-14-32(34)38)29-20-22-37-36(24-29)35-21-19-26-10-3-4-12-30(26)40(35)41-37/h1-24H/i1D,2D,3D,4D,9D,10D,11D,12D,17D,18D,19D,21D,23D. The van der Waals surface area contributed by atoms with E-state index in [0.717, 1.165) is 5.56 Å². The van der Waals surface area contributed by atoms with E-state index in [1.165, 1.54) is 0 Å². The molecule has 0 radical (unpaired) electrons. The van der Waals surface area contributed by atoms with Gasteiger partial charge in [-0.1, -0.05) is 121 Å². The fourth-order valence-electron chi connectivity index (χ4n) is 5.87. The van der Waals surface area contributed by atoms with Gasteiger partial charge in [-0.3, -0.25) is 0 Å². The predicted octanol–water partition coefficient (Wildman–Crippen LogP) is 11.5. The van der Waals surface area contributed by atoms with Gasteiger partial charge in [-0.2, -0.15) is 0 Å². The van der Waals surface area contributed by atoms with Crippen LogP contribution in [0.5, 0.6) is 0 Å². The molecular weight excluding hydrogens is 496 g/mol. The van der Waals surface area contributed by atoms with Crippen LogP contribution in [0.3, 0.4) is 0 Å². The van der Waals surface area contributed by atoms with E-state index in [0.29, 0.717) is 43.6 Å². The number of furan rings is 1. The molecule has 9 rings (SSSR count). The lowest BCUT2D eigenvalue weighted by Crippen LogP contribution is -1.91. The van der Waals surface area contributed by atoms with Gasteiger partial charge >= 0.3 is 0 Å². The highest BCUT2D eigenvalue weighted by Crippen LogP contribution is 2.45. The Bertz CT molecular complexity index is 3150. The zero-order chi connectivity index (χ0) is 38.2. The summed E-state index contributed by atoms with van der Waals surface area (Å²) >= 11 is 0. The van der Waals surface area contributed by atoms with Crippen LogP contribution in [0.4, 0.5) is 0 Å². The Labute approximate surface area is 255 Å². The van der Waals surface area contributed by atoms with Crippen LogP contribution in [-0.4, -0.2) is 0 Å². The Kier molecular flexibility index (Phi) is 2.77. The first-order valence-electron chi connectivity index (χ1n) is 19.6. The van der Waals surface area contributed by atoms with Gasteiger partial charge in [-0.25, -0.2) is 0 Å². The van der Waals surface area contributed by atoms with Crippen LogP contribution in [0.15, 0.2) is 150 Å². The molecular formula is C40H24O. The molecule has 0 amide bonds. The van der Waals surface area contributed by atoms with Gasteiger partial charge in [0.2, 0.25) is 0 Å². The highest BCUT2D eigenvalue weighted by Gasteiger charge is 2.18. The first-order valence-corrected chi connectivity index (χ1v) is 13.1. The second-order valence-electron chi connectivity index (χ2n) is 9.86. The topological polar surface area (TPSA) is 13.1 Å². The van der Waals surface area contributed by atoms with Crippen LogP contribution in [0.1, 0.15) is 17.8 Å². The molecule has 8 aromatic carbocycles. The summed E-state index contributed by atoms with van der Waals surface area (Å²) in [6.07, 6.45) is 0. The van der Waals surface area contributed by atoms with Gasteiger partial charge in [-0.15, -0.1) is 0 Å². The molecule has 0 atom stereocenters. The molecule has 0 fully saturated rings. The number of benzene rings is 8. The van der Waals surface area contributed by atoms with E-state index < -0.39 is 48.3 Å². The van der Waals surface area contributed by atoms with Gasteiger partial charge in [0.15, 0.2) is 0 Å². The van der Waals surface area contributed by atoms with Crippen molar-refractivity contribution in [3.8, 4) is 22.3 Å². The molecule has 0 unspecified atom stereocenters. The number of fused-ring (bicyclic) bond motifs is 8. The lowest BCUT2D eigenvalue weighted by Gasteiger charge is -2.18. The third-order valence-corrected chi connectivity index (χ3v) is 7.64. The fraction of sp³-hybridized carbons (Fsp3) is 0. The van der Waals surface area contributed by atoms with E-state index in [9.17, 15) is 1.37 Å². The lowest BCUT2D eigenvalue weighted by molar-refractivity contribution is 0.672. The summed E-state index contributed by atoms with van der Waals surface area (Å²) < 4.78 is 119. The van der Waals surface area contributed by atoms with Gasteiger partial charge in [-0.05, 0) is 84.2 Å². The van der Waals surface area contributed by atoms with E-state index in [2.05, 4.69) is 0 Å². The monoisotopic (exact) mass is 533 g/mol. The van der Waals surface area contributed by atoms with Crippen molar-refractivity contribution in [1.82, 2.24) is 0 Å². The smallest absolute Gasteiger partial charge is 0.143 e. The van der Waals surface area contributed by atoms with Crippen LogP contribution in [0.2, 0.25) is 0 Å². The maximum absolute atomic E-state index is 9.34. The normalized spacial score (nSPS) is 16.3. The largest absolute Gasteiger partial charge is 0.455 e. The van der Waals surface area contributed by atoms with Crippen molar-refractivity contribution in [3.63, 3.8) is 0 Å². The van der Waals surface area contributed by atoms with Crippen molar-refractivity contribution < 1.29 is 22.2 Å². The first-order chi connectivity index (χ1) is 25.8. The molecule has 0 bridgehead atoms. The van der Waals surface area contributed by atoms with Crippen LogP contribution < -0.4 is 0 Å². The Morgan fingerprint density at radius 3 is 1.78 bits per heavy atom. The summed E-state index contributed by atoms with van der Waals surface area (Å²) in [7, 11) is 0. The minimum atomic E-state index is -0.538. The highest BCUT2D eigenvalue weighted by atomic mass is 16.3. The molecule has 1 nitrogen and oxygen atoms in total. The number of hydrogen-bond acceptors (Lipinski definition) is 1. The van der Waals surface area contributed by atoms with Crippen LogP contribution in [0, 0.1) is 0 Å². The fourth-order valence-corrected chi connectivity index (χ4v) is 5.87. The summed E-state index contributed by atoms with van der Waals surface area (Å²) in [5.74, 6) is 0. The minimum Gasteiger partial charge on any atom is -0.455 e. The molecule has 0 aliphatic rings. The molecule has 0 spiro atoms. The summed E-state index contributed by atoms with van der Waals surface area (Å²) in [5.41, 5.74) is 2.41. The average Bonchev–Trinajstić information content (AvgIpc) is 3.55. The van der Waals surface area contributed by atoms with Crippen LogP contribution in [0.25, 0.3) is 87.3 Å². The van der Waals surface area contributed by atoms with Crippen LogP contribution >= 0.6 is 0 Å². The summed E-state index contributed by atoms with van der Waals surface area (Å²) in [6.45, 7) is 0. The highest BCUT2D eigenvalue weighted by molar-refractivity contribution is 6.23. The van der Waals surface area contributed by atoms with Gasteiger partial charge in [0.1, 0.15) is 11.2 Å². The van der Waals surface area contributed by atoms with E-state index in [1.807, 2.05) is 60.7 Å². The summed E-state index contributed by atoms with van der Waals surface area (Å²) in [5, 5.41) is 3.01. The summed E-state index contributed by atoms with van der Waals surface area (Å²) in [4.78, 5) is 0. The Morgan fingerprint density at radius 1 is 0.439 bits per heavy atom. The molecule has 0 aliphatic carbocycles. The molecule has 0 aliphatic heterocycles. The molecule has 1 aromatic heterocycles. The third kappa shape index (κ3) is 3.30. The zero-order valence-electron chi connectivity index (χ0n) is 34.3. The molecule has 41 heavy (non-hydrogen) atoms. The van der Waals surface area contributed by atoms with Crippen molar-refractivity contribution in [1.29, 1.82) is 0 Å². The zero-order valence-corrected chi connectivity index (χ0v) is 21.3. The molecule has 1 heteroatoms. The molecule has 9 aromatic rings. The van der Waals surface area contributed by atoms with Crippen molar-refractivity contribution in [3.05, 3.63) is 145 Å². The van der Waals surface area contributed by atoms with Crippen LogP contribution in [-0.2, 0) is 0 Å². The van der Waals surface area contributed by atoms with Gasteiger partial charge in [0.25, 0.3) is 0 Å². The molecule has 1 heterocycles. The molecule has 190 valence electrons. The summed E-state index contributed by atoms with van der Waals surface area (Å²) in [6, 6.07) is 14.8. The molecule has 0 saturated carbocycles. The predicted molar refractivity (Wildman–Crippen MR) is 175 cm³/mol. The van der Waals surface area contributed by atoms with Gasteiger partial charge in [0, 0.05) is 16.2 Å². The Hall–Kier alpha value is -5.40. The van der Waals surface area contributed by atoms with Gasteiger partial charge in [0.05, 0.1) is 17.8 Å². The SMILES string of the molecule is [2H]c1c([2H])c([2H])c2c([2H])c(-c3c4ccccc4c(-c4ccc5oc6c7c([2H])c([2H])c([2H])c([2H])c7c([2H])c([2H])c6c5c4)c4ccccc34)c([2H])c([2H])c2c1[2H]. The van der Waals surface area contributed by atoms with Crippen molar-refractivity contribution >= 4 is 65.0 Å². The van der Waals surface area contributed by atoms with Crippen molar-refractivity contribution in [2.75, 3.05) is 0 Å². The second kappa shape index (κ2) is 8.55. The average molecular weight is 534 g/mol. The number of hydrogen-bond donors (Lipinski definition) is 0. The first kappa shape index (κ1) is 13.3. The third-order valence-electron chi connectivity index (χ3n) is 7.64. The van der Waals surface area contributed by atoms with Crippen molar-refractivity contribution in [2.45, 2.75) is 0 Å². The Balaban J connectivity index is 1.40. The molecule has 0 saturated heterocycles. The van der Waals surface area contributed by atoms with Gasteiger partial charge < -0.3 is 4.42 Å². The van der Waals surface area contributed by atoms with E-state index in [1.54, 1.807) is 6.07 Å². The lowest BCUT2D eigenvalue weighted by atomic mass is 9.85. The quantitative estimate of drug-likeness (QED) is 0.201. The molecule has 0 N–H and O–H groups in total. The van der Waals surface area contributed by atoms with E-state index >= 15 is 0 Å².